The van der Waals surface area contributed by atoms with Crippen LogP contribution in [0, 0.1) is 0 Å². The molecule has 0 saturated heterocycles. The average molecular weight is 392 g/mol. The maximum absolute atomic E-state index is 11.8. The first-order valence-electron chi connectivity index (χ1n) is 8.29. The molecule has 1 N–H and O–H groups in total. The Hall–Kier alpha value is -2.93. The van der Waals surface area contributed by atoms with Crippen LogP contribution in [0.4, 0.5) is 0 Å². The maximum Gasteiger partial charge on any atom is 0.331 e. The Kier molecular flexibility index (Phi) is 6.03. The highest BCUT2D eigenvalue weighted by atomic mass is 35.5. The molecule has 0 saturated carbocycles. The van der Waals surface area contributed by atoms with Crippen LogP contribution in [0.3, 0.4) is 0 Å². The van der Waals surface area contributed by atoms with Crippen molar-refractivity contribution >= 4 is 29.6 Å². The summed E-state index contributed by atoms with van der Waals surface area (Å²) in [4.78, 5) is 23.6. The van der Waals surface area contributed by atoms with Gasteiger partial charge in [-0.2, -0.15) is 0 Å². The minimum atomic E-state index is -0.651. The number of rotatable bonds is 6. The van der Waals surface area contributed by atoms with Crippen molar-refractivity contribution in [3.63, 3.8) is 0 Å². The molecule has 7 nitrogen and oxygen atoms in total. The number of benzene rings is 1. The normalized spacial score (nSPS) is 14.0. The Balaban J connectivity index is 1.50. The number of nitrogens with one attached hydrogen (secondary N) is 1. The van der Waals surface area contributed by atoms with Gasteiger partial charge in [0.15, 0.2) is 18.1 Å². The van der Waals surface area contributed by atoms with Crippen LogP contribution in [0.1, 0.15) is 24.3 Å². The van der Waals surface area contributed by atoms with Gasteiger partial charge in [-0.1, -0.05) is 11.6 Å². The number of hydrogen-bond acceptors (Lipinski definition) is 6. The van der Waals surface area contributed by atoms with Crippen LogP contribution in [0.25, 0.3) is 6.08 Å². The number of carbonyl (C=O) groups excluding carboxylic acids is 2. The van der Waals surface area contributed by atoms with Crippen LogP contribution < -0.4 is 14.8 Å². The van der Waals surface area contributed by atoms with E-state index in [1.165, 1.54) is 18.4 Å². The van der Waals surface area contributed by atoms with Crippen molar-refractivity contribution in [3.05, 3.63) is 53.0 Å². The summed E-state index contributed by atoms with van der Waals surface area (Å²) >= 11 is 6.14. The van der Waals surface area contributed by atoms with Crippen molar-refractivity contribution in [3.8, 4) is 11.5 Å². The van der Waals surface area contributed by atoms with E-state index in [1.54, 1.807) is 31.2 Å². The summed E-state index contributed by atoms with van der Waals surface area (Å²) in [5, 5.41) is 3.07. The lowest BCUT2D eigenvalue weighted by atomic mass is 10.2. The molecule has 0 aliphatic carbocycles. The average Bonchev–Trinajstić information content (AvgIpc) is 3.20. The van der Waals surface area contributed by atoms with Gasteiger partial charge >= 0.3 is 5.97 Å². The van der Waals surface area contributed by atoms with Crippen molar-refractivity contribution in [2.75, 3.05) is 19.8 Å². The molecule has 0 spiro atoms. The van der Waals surface area contributed by atoms with Crippen molar-refractivity contribution in [1.29, 1.82) is 0 Å². The summed E-state index contributed by atoms with van der Waals surface area (Å²) in [6.45, 7) is 2.25. The zero-order chi connectivity index (χ0) is 19.2. The van der Waals surface area contributed by atoms with E-state index in [0.29, 0.717) is 41.1 Å². The fourth-order valence-corrected chi connectivity index (χ4v) is 2.74. The number of amides is 1. The lowest BCUT2D eigenvalue weighted by Crippen LogP contribution is -2.30. The number of fused-ring (bicyclic) bond motifs is 1. The van der Waals surface area contributed by atoms with Crippen LogP contribution in [-0.4, -0.2) is 31.7 Å². The van der Waals surface area contributed by atoms with E-state index in [1.807, 2.05) is 0 Å². The van der Waals surface area contributed by atoms with E-state index in [2.05, 4.69) is 5.32 Å². The molecule has 0 bridgehead atoms. The molecule has 1 atom stereocenters. The van der Waals surface area contributed by atoms with Gasteiger partial charge in [0.2, 0.25) is 0 Å². The smallest absolute Gasteiger partial charge is 0.331 e. The molecule has 1 aromatic heterocycles. The second kappa shape index (κ2) is 8.64. The molecule has 3 rings (SSSR count). The largest absolute Gasteiger partial charge is 0.486 e. The van der Waals surface area contributed by atoms with Gasteiger partial charge in [-0.25, -0.2) is 4.79 Å². The van der Waals surface area contributed by atoms with E-state index < -0.39 is 18.5 Å². The monoisotopic (exact) mass is 391 g/mol. The first kappa shape index (κ1) is 18.8. The summed E-state index contributed by atoms with van der Waals surface area (Å²) in [5.41, 5.74) is 0.650. The molecule has 8 heteroatoms. The highest BCUT2D eigenvalue weighted by Crippen LogP contribution is 2.38. The molecule has 0 fully saturated rings. The van der Waals surface area contributed by atoms with Crippen LogP contribution in [0.2, 0.25) is 5.02 Å². The molecule has 142 valence electrons. The predicted molar refractivity (Wildman–Crippen MR) is 97.7 cm³/mol. The summed E-state index contributed by atoms with van der Waals surface area (Å²) in [7, 11) is 0. The van der Waals surface area contributed by atoms with Gasteiger partial charge in [0.25, 0.3) is 5.91 Å². The minimum Gasteiger partial charge on any atom is -0.486 e. The zero-order valence-electron chi connectivity index (χ0n) is 14.6. The number of ether oxygens (including phenoxy) is 3. The Morgan fingerprint density at radius 3 is 2.93 bits per heavy atom. The van der Waals surface area contributed by atoms with Gasteiger partial charge in [0.05, 0.1) is 17.3 Å². The topological polar surface area (TPSA) is 87.0 Å². The molecule has 0 radical (unpaired) electrons. The third-order valence-corrected chi connectivity index (χ3v) is 4.00. The lowest BCUT2D eigenvalue weighted by molar-refractivity contribution is -0.144. The molecule has 1 aliphatic rings. The first-order chi connectivity index (χ1) is 13.0. The Bertz CT molecular complexity index is 846. The predicted octanol–water partition coefficient (Wildman–Crippen LogP) is 3.14. The SMILES string of the molecule is C[C@H](NC(=O)COC(=O)/C=C/c1cc(Cl)c2c(c1)OCCO2)c1ccco1. The second-order valence-electron chi connectivity index (χ2n) is 5.77. The lowest BCUT2D eigenvalue weighted by Gasteiger charge is -2.19. The number of furan rings is 1. The molecule has 2 aromatic rings. The van der Waals surface area contributed by atoms with Gasteiger partial charge < -0.3 is 23.9 Å². The van der Waals surface area contributed by atoms with Crippen LogP contribution >= 0.6 is 11.6 Å². The van der Waals surface area contributed by atoms with Gasteiger partial charge in [-0.05, 0) is 42.8 Å². The Labute approximate surface area is 160 Å². The number of hydrogen-bond donors (Lipinski definition) is 1. The van der Waals surface area contributed by atoms with Gasteiger partial charge in [0, 0.05) is 6.08 Å². The van der Waals surface area contributed by atoms with Crippen molar-refractivity contribution < 1.29 is 28.2 Å². The van der Waals surface area contributed by atoms with Crippen molar-refractivity contribution in [2.45, 2.75) is 13.0 Å². The number of halogens is 1. The van der Waals surface area contributed by atoms with E-state index in [9.17, 15) is 9.59 Å². The molecule has 0 unspecified atom stereocenters. The van der Waals surface area contributed by atoms with Crippen molar-refractivity contribution in [2.24, 2.45) is 0 Å². The van der Waals surface area contributed by atoms with Crippen LogP contribution in [0.15, 0.2) is 41.0 Å². The fourth-order valence-electron chi connectivity index (χ4n) is 2.47. The van der Waals surface area contributed by atoms with E-state index in [4.69, 9.17) is 30.2 Å². The number of esters is 1. The van der Waals surface area contributed by atoms with E-state index in [-0.39, 0.29) is 6.04 Å². The van der Waals surface area contributed by atoms with E-state index >= 15 is 0 Å². The Morgan fingerprint density at radius 2 is 2.15 bits per heavy atom. The molecule has 1 aliphatic heterocycles. The molecule has 27 heavy (non-hydrogen) atoms. The maximum atomic E-state index is 11.8. The standard InChI is InChI=1S/C19H18ClNO6/c1-12(15-3-2-6-24-15)21-17(22)11-27-18(23)5-4-13-9-14(20)19-16(10-13)25-7-8-26-19/h2-6,9-10,12H,7-8,11H2,1H3,(H,21,22)/b5-4+/t12-/m0/s1. The third kappa shape index (κ3) is 5.04. The quantitative estimate of drug-likeness (QED) is 0.601. The van der Waals surface area contributed by atoms with Gasteiger partial charge in [-0.15, -0.1) is 0 Å². The van der Waals surface area contributed by atoms with Crippen molar-refractivity contribution in [1.82, 2.24) is 5.32 Å². The third-order valence-electron chi connectivity index (χ3n) is 3.72. The summed E-state index contributed by atoms with van der Waals surface area (Å²) in [6, 6.07) is 6.52. The zero-order valence-corrected chi connectivity index (χ0v) is 15.3. The number of carbonyl (C=O) groups is 2. The second-order valence-corrected chi connectivity index (χ2v) is 6.18. The minimum absolute atomic E-state index is 0.318. The molecule has 1 aromatic carbocycles. The first-order valence-corrected chi connectivity index (χ1v) is 8.67. The fraction of sp³-hybridized carbons (Fsp3) is 0.263. The van der Waals surface area contributed by atoms with Crippen LogP contribution in [0.5, 0.6) is 11.5 Å². The Morgan fingerprint density at radius 1 is 1.33 bits per heavy atom. The molecule has 2 heterocycles. The summed E-state index contributed by atoms with van der Waals surface area (Å²) in [5.74, 6) is 0.549. The molecule has 1 amide bonds. The highest BCUT2D eigenvalue weighted by molar-refractivity contribution is 6.32. The van der Waals surface area contributed by atoms with Gasteiger partial charge in [0.1, 0.15) is 19.0 Å². The van der Waals surface area contributed by atoms with Gasteiger partial charge in [-0.3, -0.25) is 4.79 Å². The van der Waals surface area contributed by atoms with E-state index in [0.717, 1.165) is 0 Å². The summed E-state index contributed by atoms with van der Waals surface area (Å²) < 4.78 is 21.0. The molecular formula is C19H18ClNO6. The summed E-state index contributed by atoms with van der Waals surface area (Å²) in [6.07, 6.45) is 4.26. The van der Waals surface area contributed by atoms with Crippen LogP contribution in [-0.2, 0) is 14.3 Å². The highest BCUT2D eigenvalue weighted by Gasteiger charge is 2.16. The molecular weight excluding hydrogens is 374 g/mol.